The van der Waals surface area contributed by atoms with Gasteiger partial charge in [0, 0.05) is 55.4 Å². The second-order valence-corrected chi connectivity index (χ2v) is 8.42. The van der Waals surface area contributed by atoms with E-state index in [1.807, 2.05) is 25.1 Å². The lowest BCUT2D eigenvalue weighted by molar-refractivity contribution is 0.103. The third-order valence-electron chi connectivity index (χ3n) is 5.66. The Bertz CT molecular complexity index is 832. The first-order chi connectivity index (χ1) is 14.5. The molecule has 1 unspecified atom stereocenters. The average Bonchev–Trinajstić information content (AvgIpc) is 2.75. The number of nitrogens with zero attached hydrogens (tertiary/aromatic N) is 4. The molecule has 3 rings (SSSR count). The Balaban J connectivity index is 1.74. The molecule has 0 aliphatic carbocycles. The third-order valence-corrected chi connectivity index (χ3v) is 5.91. The summed E-state index contributed by atoms with van der Waals surface area (Å²) in [7, 11) is 0. The topological polar surface area (TPSA) is 52.5 Å². The van der Waals surface area contributed by atoms with Crippen LogP contribution < -0.4 is 4.90 Å². The molecule has 30 heavy (non-hydrogen) atoms. The van der Waals surface area contributed by atoms with Gasteiger partial charge in [-0.2, -0.15) is 0 Å². The minimum atomic E-state index is -0.289. The van der Waals surface area contributed by atoms with Gasteiger partial charge in [0.1, 0.15) is 11.6 Å². The molecule has 1 aromatic heterocycles. The number of aliphatic hydroxyl groups excluding tert-OH is 1. The van der Waals surface area contributed by atoms with Crippen LogP contribution in [0.25, 0.3) is 0 Å². The fourth-order valence-corrected chi connectivity index (χ4v) is 4.15. The molecule has 6 heteroatoms. The Hall–Kier alpha value is -1.95. The quantitative estimate of drug-likeness (QED) is 0.611. The third kappa shape index (κ3) is 6.03. The van der Waals surface area contributed by atoms with E-state index in [0.29, 0.717) is 0 Å². The molecular formula is C24H33ClN4O. The van der Waals surface area contributed by atoms with Crippen molar-refractivity contribution in [2.75, 3.05) is 37.6 Å². The number of aromatic nitrogens is 2. The largest absolute Gasteiger partial charge is 0.392 e. The van der Waals surface area contributed by atoms with Gasteiger partial charge < -0.3 is 10.0 Å². The zero-order valence-electron chi connectivity index (χ0n) is 18.1. The minimum Gasteiger partial charge on any atom is -0.392 e. The number of aryl methyl sites for hydroxylation is 2. The van der Waals surface area contributed by atoms with Crippen LogP contribution in [0.3, 0.4) is 0 Å². The number of benzene rings is 1. The van der Waals surface area contributed by atoms with Gasteiger partial charge in [-0.1, -0.05) is 36.7 Å². The Labute approximate surface area is 185 Å². The van der Waals surface area contributed by atoms with Crippen LogP contribution in [0, 0.1) is 6.92 Å². The molecule has 5 nitrogen and oxygen atoms in total. The van der Waals surface area contributed by atoms with Gasteiger partial charge in [0.05, 0.1) is 6.10 Å². The molecule has 0 radical (unpaired) electrons. The van der Waals surface area contributed by atoms with E-state index in [4.69, 9.17) is 21.6 Å². The lowest BCUT2D eigenvalue weighted by Crippen LogP contribution is -2.49. The van der Waals surface area contributed by atoms with Crippen molar-refractivity contribution >= 4 is 17.4 Å². The Kier molecular flexibility index (Phi) is 8.25. The predicted molar refractivity (Wildman–Crippen MR) is 124 cm³/mol. The maximum atomic E-state index is 10.2. The molecule has 1 fully saturated rings. The van der Waals surface area contributed by atoms with Crippen LogP contribution in [0.5, 0.6) is 0 Å². The number of rotatable bonds is 9. The highest BCUT2D eigenvalue weighted by atomic mass is 35.5. The molecule has 2 aromatic rings. The van der Waals surface area contributed by atoms with Crippen LogP contribution in [-0.2, 0) is 12.8 Å². The van der Waals surface area contributed by atoms with Crippen molar-refractivity contribution in [3.05, 3.63) is 64.6 Å². The van der Waals surface area contributed by atoms with Crippen molar-refractivity contribution in [3.63, 3.8) is 0 Å². The van der Waals surface area contributed by atoms with E-state index in [0.717, 1.165) is 80.8 Å². The number of allylic oxidation sites excluding steroid dienone is 1. The molecule has 1 saturated heterocycles. The van der Waals surface area contributed by atoms with Crippen LogP contribution in [0.1, 0.15) is 42.4 Å². The summed E-state index contributed by atoms with van der Waals surface area (Å²) in [5, 5.41) is 11.0. The molecule has 1 aromatic carbocycles. The first-order valence-corrected chi connectivity index (χ1v) is 11.2. The molecule has 1 atom stereocenters. The summed E-state index contributed by atoms with van der Waals surface area (Å²) in [5.74, 6) is 1.88. The van der Waals surface area contributed by atoms with E-state index >= 15 is 0 Å². The highest BCUT2D eigenvalue weighted by molar-refractivity contribution is 6.30. The van der Waals surface area contributed by atoms with Crippen LogP contribution in [-0.4, -0.2) is 58.8 Å². The van der Waals surface area contributed by atoms with Crippen molar-refractivity contribution in [2.45, 2.75) is 45.6 Å². The maximum Gasteiger partial charge on any atom is 0.136 e. The highest BCUT2D eigenvalue weighted by Crippen LogP contribution is 2.26. The van der Waals surface area contributed by atoms with Gasteiger partial charge in [0.25, 0.3) is 0 Å². The summed E-state index contributed by atoms with van der Waals surface area (Å²) >= 11 is 6.06. The molecule has 0 saturated carbocycles. The van der Waals surface area contributed by atoms with Gasteiger partial charge in [-0.25, -0.2) is 9.97 Å². The fourth-order valence-electron chi connectivity index (χ4n) is 4.02. The average molecular weight is 429 g/mol. The Morgan fingerprint density at radius 3 is 2.50 bits per heavy atom. The van der Waals surface area contributed by atoms with E-state index in [9.17, 15) is 5.11 Å². The standard InChI is InChI=1S/C24H33ClN4O/c1-4-6-7-21(30)17-28-12-14-29(15-13-28)24-22(23(5-2)26-18(3)27-24)16-19-8-10-20(25)11-9-19/h4,8-11,21,30H,1,5-7,12-17H2,2-3H3. The number of hydrogen-bond donors (Lipinski definition) is 1. The van der Waals surface area contributed by atoms with Gasteiger partial charge in [0.15, 0.2) is 0 Å². The number of β-amino-alcohol motifs (C(OH)–C–C–N with tert-alkyl or cyclic N) is 1. The van der Waals surface area contributed by atoms with Crippen LogP contribution in [0.2, 0.25) is 5.02 Å². The summed E-state index contributed by atoms with van der Waals surface area (Å²) in [6, 6.07) is 8.03. The van der Waals surface area contributed by atoms with Crippen molar-refractivity contribution in [1.29, 1.82) is 0 Å². The van der Waals surface area contributed by atoms with E-state index in [1.54, 1.807) is 0 Å². The molecule has 1 N–H and O–H groups in total. The summed E-state index contributed by atoms with van der Waals surface area (Å²) in [5.41, 5.74) is 3.55. The molecule has 0 bridgehead atoms. The lowest BCUT2D eigenvalue weighted by Gasteiger charge is -2.37. The van der Waals surface area contributed by atoms with E-state index in [1.165, 1.54) is 11.1 Å². The first-order valence-electron chi connectivity index (χ1n) is 10.9. The predicted octanol–water partition coefficient (Wildman–Crippen LogP) is 4.04. The van der Waals surface area contributed by atoms with Gasteiger partial charge in [-0.3, -0.25) is 4.90 Å². The number of anilines is 1. The van der Waals surface area contributed by atoms with Gasteiger partial charge in [-0.05, 0) is 43.9 Å². The van der Waals surface area contributed by atoms with E-state index in [-0.39, 0.29) is 6.10 Å². The summed E-state index contributed by atoms with van der Waals surface area (Å²) < 4.78 is 0. The summed E-state index contributed by atoms with van der Waals surface area (Å²) in [6.45, 7) is 12.2. The smallest absolute Gasteiger partial charge is 0.136 e. The van der Waals surface area contributed by atoms with Crippen molar-refractivity contribution in [1.82, 2.24) is 14.9 Å². The molecular weight excluding hydrogens is 396 g/mol. The van der Waals surface area contributed by atoms with Crippen molar-refractivity contribution < 1.29 is 5.11 Å². The van der Waals surface area contributed by atoms with E-state index < -0.39 is 0 Å². The number of aliphatic hydroxyl groups is 1. The van der Waals surface area contributed by atoms with Crippen molar-refractivity contribution in [2.24, 2.45) is 0 Å². The normalized spacial score (nSPS) is 15.9. The van der Waals surface area contributed by atoms with Crippen LogP contribution >= 0.6 is 11.6 Å². The SMILES string of the molecule is C=CCCC(O)CN1CCN(c2nc(C)nc(CC)c2Cc2ccc(Cl)cc2)CC1. The molecule has 1 aliphatic heterocycles. The Morgan fingerprint density at radius 2 is 1.87 bits per heavy atom. The monoisotopic (exact) mass is 428 g/mol. The van der Waals surface area contributed by atoms with Gasteiger partial charge in [-0.15, -0.1) is 6.58 Å². The molecule has 0 amide bonds. The number of piperazine rings is 1. The van der Waals surface area contributed by atoms with E-state index in [2.05, 4.69) is 35.4 Å². The van der Waals surface area contributed by atoms with Gasteiger partial charge in [0.2, 0.25) is 0 Å². The van der Waals surface area contributed by atoms with Crippen LogP contribution in [0.15, 0.2) is 36.9 Å². The number of halogens is 1. The van der Waals surface area contributed by atoms with Crippen molar-refractivity contribution in [3.8, 4) is 0 Å². The number of hydrogen-bond acceptors (Lipinski definition) is 5. The highest BCUT2D eigenvalue weighted by Gasteiger charge is 2.24. The second-order valence-electron chi connectivity index (χ2n) is 7.98. The zero-order chi connectivity index (χ0) is 21.5. The summed E-state index contributed by atoms with van der Waals surface area (Å²) in [6.07, 6.45) is 4.90. The summed E-state index contributed by atoms with van der Waals surface area (Å²) in [4.78, 5) is 14.3. The van der Waals surface area contributed by atoms with Crippen LogP contribution in [0.4, 0.5) is 5.82 Å². The van der Waals surface area contributed by atoms with Gasteiger partial charge >= 0.3 is 0 Å². The molecule has 0 spiro atoms. The fraction of sp³-hybridized carbons (Fsp3) is 0.500. The molecule has 1 aliphatic rings. The Morgan fingerprint density at radius 1 is 1.17 bits per heavy atom. The first kappa shape index (κ1) is 22.7. The maximum absolute atomic E-state index is 10.2. The zero-order valence-corrected chi connectivity index (χ0v) is 18.9. The molecule has 2 heterocycles. The minimum absolute atomic E-state index is 0.289. The lowest BCUT2D eigenvalue weighted by atomic mass is 10.0. The second kappa shape index (κ2) is 10.9. The molecule has 162 valence electrons.